The Kier molecular flexibility index (Phi) is 4.57. The molecule has 1 aromatic carbocycles. The van der Waals surface area contributed by atoms with Crippen molar-refractivity contribution in [2.24, 2.45) is 0 Å². The van der Waals surface area contributed by atoms with Crippen molar-refractivity contribution in [2.75, 3.05) is 0 Å². The zero-order valence-electron chi connectivity index (χ0n) is 10.5. The van der Waals surface area contributed by atoms with Gasteiger partial charge in [-0.2, -0.15) is 0 Å². The Balaban J connectivity index is 2.96. The summed E-state index contributed by atoms with van der Waals surface area (Å²) in [5, 5.41) is 0. The second kappa shape index (κ2) is 5.46. The molecule has 19 heavy (non-hydrogen) atoms. The minimum absolute atomic E-state index is 0.390. The fraction of sp³-hybridized carbons (Fsp3) is 0.364. The van der Waals surface area contributed by atoms with Gasteiger partial charge in [0.1, 0.15) is 16.3 Å². The van der Waals surface area contributed by atoms with E-state index in [2.05, 4.69) is 15.9 Å². The third kappa shape index (κ3) is 4.79. The average molecular weight is 354 g/mol. The van der Waals surface area contributed by atoms with Crippen molar-refractivity contribution in [1.82, 2.24) is 4.72 Å². The van der Waals surface area contributed by atoms with Crippen LogP contribution in [0, 0.1) is 5.82 Å². The van der Waals surface area contributed by atoms with E-state index in [4.69, 9.17) is 4.74 Å². The smallest absolute Gasteiger partial charge is 0.421 e. The number of benzene rings is 1. The van der Waals surface area contributed by atoms with Gasteiger partial charge in [-0.1, -0.05) is 15.9 Å². The molecule has 0 aliphatic carbocycles. The Hall–Kier alpha value is -1.15. The molecule has 0 saturated heterocycles. The number of ether oxygens (including phenoxy) is 1. The number of halogens is 2. The molecule has 106 valence electrons. The summed E-state index contributed by atoms with van der Waals surface area (Å²) in [5.41, 5.74) is -0.849. The Bertz CT molecular complexity index is 595. The minimum atomic E-state index is -4.30. The van der Waals surface area contributed by atoms with Crippen molar-refractivity contribution in [3.05, 3.63) is 28.5 Å². The van der Waals surface area contributed by atoms with E-state index in [0.717, 1.165) is 12.1 Å². The molecule has 1 amide bonds. The average Bonchev–Trinajstić information content (AvgIpc) is 2.11. The summed E-state index contributed by atoms with van der Waals surface area (Å²) in [6, 6.07) is 3.39. The number of carbonyl (C=O) groups is 1. The summed E-state index contributed by atoms with van der Waals surface area (Å²) >= 11 is 3.01. The zero-order chi connectivity index (χ0) is 14.8. The molecule has 1 aromatic rings. The van der Waals surface area contributed by atoms with Crippen LogP contribution < -0.4 is 4.72 Å². The van der Waals surface area contributed by atoms with E-state index in [9.17, 15) is 17.6 Å². The second-order valence-electron chi connectivity index (χ2n) is 4.68. The van der Waals surface area contributed by atoms with Crippen molar-refractivity contribution in [2.45, 2.75) is 31.3 Å². The molecule has 0 saturated carbocycles. The van der Waals surface area contributed by atoms with Crippen molar-refractivity contribution < 1.29 is 22.3 Å². The lowest BCUT2D eigenvalue weighted by Crippen LogP contribution is -2.36. The van der Waals surface area contributed by atoms with E-state index < -0.39 is 32.4 Å². The SMILES string of the molecule is CC(C)(C)OC(=O)NS(=O)(=O)c1ccc(Br)cc1F. The molecule has 0 atom stereocenters. The van der Waals surface area contributed by atoms with Gasteiger partial charge in [-0.05, 0) is 39.0 Å². The number of carbonyl (C=O) groups excluding carboxylic acids is 1. The van der Waals surface area contributed by atoms with E-state index in [1.807, 2.05) is 0 Å². The van der Waals surface area contributed by atoms with Gasteiger partial charge in [0.15, 0.2) is 0 Å². The van der Waals surface area contributed by atoms with Gasteiger partial charge in [0.05, 0.1) is 0 Å². The van der Waals surface area contributed by atoms with Crippen LogP contribution in [0.1, 0.15) is 20.8 Å². The Labute approximate surface area is 119 Å². The third-order valence-electron chi connectivity index (χ3n) is 1.80. The molecule has 0 unspecified atom stereocenters. The zero-order valence-corrected chi connectivity index (χ0v) is 12.9. The van der Waals surface area contributed by atoms with Crippen LogP contribution >= 0.6 is 15.9 Å². The lowest BCUT2D eigenvalue weighted by molar-refractivity contribution is 0.0570. The number of hydrogen-bond donors (Lipinski definition) is 1. The van der Waals surface area contributed by atoms with Gasteiger partial charge in [-0.25, -0.2) is 22.3 Å². The normalized spacial score (nSPS) is 12.1. The number of hydrogen-bond acceptors (Lipinski definition) is 4. The molecule has 0 aliphatic heterocycles. The first-order chi connectivity index (χ1) is 8.51. The Morgan fingerprint density at radius 2 is 1.95 bits per heavy atom. The Morgan fingerprint density at radius 1 is 1.37 bits per heavy atom. The van der Waals surface area contributed by atoms with Crippen molar-refractivity contribution >= 4 is 32.0 Å². The van der Waals surface area contributed by atoms with Gasteiger partial charge in [0, 0.05) is 4.47 Å². The fourth-order valence-electron chi connectivity index (χ4n) is 1.16. The lowest BCUT2D eigenvalue weighted by Gasteiger charge is -2.19. The van der Waals surface area contributed by atoms with Crippen LogP contribution in [-0.2, 0) is 14.8 Å². The van der Waals surface area contributed by atoms with Crippen LogP contribution in [0.5, 0.6) is 0 Å². The highest BCUT2D eigenvalue weighted by molar-refractivity contribution is 9.10. The van der Waals surface area contributed by atoms with Crippen LogP contribution in [0.3, 0.4) is 0 Å². The van der Waals surface area contributed by atoms with Crippen molar-refractivity contribution in [1.29, 1.82) is 0 Å². The first-order valence-corrected chi connectivity index (χ1v) is 7.50. The van der Waals surface area contributed by atoms with E-state index in [1.54, 1.807) is 25.5 Å². The predicted octanol–water partition coefficient (Wildman–Crippen LogP) is 2.80. The molecule has 0 radical (unpaired) electrons. The maximum absolute atomic E-state index is 13.5. The summed E-state index contributed by atoms with van der Waals surface area (Å²) < 4.78 is 44.0. The summed E-state index contributed by atoms with van der Waals surface area (Å²) in [6.07, 6.45) is -1.16. The standard InChI is InChI=1S/C11H13BrFNO4S/c1-11(2,3)18-10(15)14-19(16,17)9-5-4-7(12)6-8(9)13/h4-6H,1-3H3,(H,14,15). The topological polar surface area (TPSA) is 72.5 Å². The first-order valence-electron chi connectivity index (χ1n) is 5.22. The van der Waals surface area contributed by atoms with E-state index in [-0.39, 0.29) is 0 Å². The highest BCUT2D eigenvalue weighted by atomic mass is 79.9. The number of rotatable bonds is 2. The van der Waals surface area contributed by atoms with Gasteiger partial charge in [-0.15, -0.1) is 0 Å². The molecule has 0 fully saturated rings. The predicted molar refractivity (Wildman–Crippen MR) is 70.7 cm³/mol. The van der Waals surface area contributed by atoms with Crippen LogP contribution in [0.15, 0.2) is 27.6 Å². The summed E-state index contributed by atoms with van der Waals surface area (Å²) in [6.45, 7) is 4.75. The van der Waals surface area contributed by atoms with Crippen molar-refractivity contribution in [3.63, 3.8) is 0 Å². The van der Waals surface area contributed by atoms with Gasteiger partial charge in [0.2, 0.25) is 0 Å². The molecule has 0 heterocycles. The Morgan fingerprint density at radius 3 is 2.42 bits per heavy atom. The number of amides is 1. The highest BCUT2D eigenvalue weighted by Crippen LogP contribution is 2.19. The molecule has 0 bridgehead atoms. The first kappa shape index (κ1) is 15.9. The largest absolute Gasteiger partial charge is 0.443 e. The quantitative estimate of drug-likeness (QED) is 0.887. The van der Waals surface area contributed by atoms with Crippen LogP contribution in [0.2, 0.25) is 0 Å². The molecule has 0 spiro atoms. The van der Waals surface area contributed by atoms with Gasteiger partial charge in [-0.3, -0.25) is 0 Å². The minimum Gasteiger partial charge on any atom is -0.443 e. The molecule has 0 aliphatic rings. The van der Waals surface area contributed by atoms with Crippen LogP contribution in [-0.4, -0.2) is 20.1 Å². The molecular weight excluding hydrogens is 341 g/mol. The van der Waals surface area contributed by atoms with Crippen LogP contribution in [0.25, 0.3) is 0 Å². The molecule has 5 nitrogen and oxygen atoms in total. The lowest BCUT2D eigenvalue weighted by atomic mass is 10.2. The summed E-state index contributed by atoms with van der Waals surface area (Å²) in [7, 11) is -4.30. The maximum Gasteiger partial charge on any atom is 0.421 e. The van der Waals surface area contributed by atoms with E-state index in [0.29, 0.717) is 4.47 Å². The number of nitrogens with one attached hydrogen (secondary N) is 1. The second-order valence-corrected chi connectivity index (χ2v) is 7.25. The summed E-state index contributed by atoms with van der Waals surface area (Å²) in [5.74, 6) is -0.967. The van der Waals surface area contributed by atoms with Crippen LogP contribution in [0.4, 0.5) is 9.18 Å². The molecule has 1 rings (SSSR count). The number of sulfonamides is 1. The molecular formula is C11H13BrFNO4S. The van der Waals surface area contributed by atoms with Gasteiger partial charge < -0.3 is 4.74 Å². The molecule has 8 heteroatoms. The maximum atomic E-state index is 13.5. The monoisotopic (exact) mass is 353 g/mol. The molecule has 0 aromatic heterocycles. The third-order valence-corrected chi connectivity index (χ3v) is 3.64. The fourth-order valence-corrected chi connectivity index (χ4v) is 2.42. The molecule has 1 N–H and O–H groups in total. The van der Waals surface area contributed by atoms with Gasteiger partial charge in [0.25, 0.3) is 10.0 Å². The summed E-state index contributed by atoms with van der Waals surface area (Å²) in [4.78, 5) is 10.8. The van der Waals surface area contributed by atoms with Crippen molar-refractivity contribution in [3.8, 4) is 0 Å². The van der Waals surface area contributed by atoms with E-state index >= 15 is 0 Å². The van der Waals surface area contributed by atoms with Gasteiger partial charge >= 0.3 is 6.09 Å². The van der Waals surface area contributed by atoms with E-state index in [1.165, 1.54) is 6.07 Å². The highest BCUT2D eigenvalue weighted by Gasteiger charge is 2.25.